The van der Waals surface area contributed by atoms with Crippen LogP contribution in [0.2, 0.25) is 0 Å². The average Bonchev–Trinajstić information content (AvgIpc) is 2.31. The van der Waals surface area contributed by atoms with Gasteiger partial charge in [0, 0.05) is 0 Å². The van der Waals surface area contributed by atoms with Gasteiger partial charge in [0.1, 0.15) is 0 Å². The fourth-order valence-electron chi connectivity index (χ4n) is 1.32. The molecule has 0 aromatic heterocycles. The van der Waals surface area contributed by atoms with E-state index in [0.29, 0.717) is 5.69 Å². The molecular formula is C12H17NO4S. The number of sulfonamides is 1. The summed E-state index contributed by atoms with van der Waals surface area (Å²) in [5.74, 6) is -0.751. The van der Waals surface area contributed by atoms with Crippen LogP contribution in [0, 0.1) is 6.92 Å². The first-order chi connectivity index (χ1) is 8.38. The smallest absolute Gasteiger partial charge is 0.325 e. The van der Waals surface area contributed by atoms with E-state index < -0.39 is 21.2 Å². The molecule has 5 nitrogen and oxygen atoms in total. The molecule has 1 N–H and O–H groups in total. The van der Waals surface area contributed by atoms with Crippen molar-refractivity contribution < 1.29 is 17.9 Å². The van der Waals surface area contributed by atoms with E-state index >= 15 is 0 Å². The van der Waals surface area contributed by atoms with Crippen LogP contribution in [0.15, 0.2) is 24.3 Å². The van der Waals surface area contributed by atoms with Gasteiger partial charge in [0.25, 0.3) is 0 Å². The molecule has 0 fully saturated rings. The molecule has 0 saturated carbocycles. The van der Waals surface area contributed by atoms with Crippen molar-refractivity contribution in [3.05, 3.63) is 29.8 Å². The van der Waals surface area contributed by atoms with Crippen LogP contribution in [0.25, 0.3) is 0 Å². The molecule has 0 aliphatic carbocycles. The third-order valence-electron chi connectivity index (χ3n) is 2.48. The Balaban J connectivity index is 2.89. The van der Waals surface area contributed by atoms with Crippen LogP contribution in [0.5, 0.6) is 0 Å². The highest BCUT2D eigenvalue weighted by Gasteiger charge is 2.29. The van der Waals surface area contributed by atoms with Crippen LogP contribution in [0.3, 0.4) is 0 Å². The van der Waals surface area contributed by atoms with Gasteiger partial charge in [-0.05, 0) is 32.4 Å². The number of ether oxygens (including phenoxy) is 1. The summed E-state index contributed by atoms with van der Waals surface area (Å²) in [6.07, 6.45) is 0. The third kappa shape index (κ3) is 3.46. The van der Waals surface area contributed by atoms with Crippen LogP contribution in [0.1, 0.15) is 19.4 Å². The van der Waals surface area contributed by atoms with Crippen molar-refractivity contribution in [1.82, 2.24) is 0 Å². The number of nitrogens with one attached hydrogen (secondary N) is 1. The molecule has 0 saturated heterocycles. The van der Waals surface area contributed by atoms with Crippen molar-refractivity contribution in [1.29, 1.82) is 0 Å². The molecule has 0 spiro atoms. The van der Waals surface area contributed by atoms with Gasteiger partial charge in [-0.3, -0.25) is 9.52 Å². The van der Waals surface area contributed by atoms with Gasteiger partial charge in [-0.1, -0.05) is 18.2 Å². The van der Waals surface area contributed by atoms with E-state index in [1.165, 1.54) is 6.92 Å². The predicted octanol–water partition coefficient (Wildman–Crippen LogP) is 1.69. The summed E-state index contributed by atoms with van der Waals surface area (Å²) < 4.78 is 31.0. The van der Waals surface area contributed by atoms with Gasteiger partial charge in [0.15, 0.2) is 5.25 Å². The zero-order chi connectivity index (χ0) is 13.8. The van der Waals surface area contributed by atoms with Crippen LogP contribution < -0.4 is 4.72 Å². The Morgan fingerprint density at radius 2 is 2.00 bits per heavy atom. The summed E-state index contributed by atoms with van der Waals surface area (Å²) >= 11 is 0. The van der Waals surface area contributed by atoms with Gasteiger partial charge in [-0.25, -0.2) is 8.42 Å². The second-order valence-corrected chi connectivity index (χ2v) is 5.86. The van der Waals surface area contributed by atoms with Crippen molar-refractivity contribution in [3.8, 4) is 0 Å². The lowest BCUT2D eigenvalue weighted by Gasteiger charge is -2.14. The van der Waals surface area contributed by atoms with E-state index in [-0.39, 0.29) is 6.61 Å². The Morgan fingerprint density at radius 1 is 1.39 bits per heavy atom. The van der Waals surface area contributed by atoms with E-state index in [1.54, 1.807) is 32.0 Å². The first kappa shape index (κ1) is 14.5. The van der Waals surface area contributed by atoms with E-state index in [2.05, 4.69) is 4.72 Å². The molecule has 0 amide bonds. The van der Waals surface area contributed by atoms with Crippen LogP contribution in [-0.4, -0.2) is 26.2 Å². The second-order valence-electron chi connectivity index (χ2n) is 3.86. The lowest BCUT2D eigenvalue weighted by Crippen LogP contribution is -2.33. The number of anilines is 1. The minimum atomic E-state index is -3.78. The number of para-hydroxylation sites is 1. The highest BCUT2D eigenvalue weighted by molar-refractivity contribution is 7.94. The molecule has 1 aromatic carbocycles. The highest BCUT2D eigenvalue weighted by Crippen LogP contribution is 2.17. The van der Waals surface area contributed by atoms with E-state index in [1.807, 2.05) is 6.07 Å². The van der Waals surface area contributed by atoms with E-state index in [9.17, 15) is 13.2 Å². The van der Waals surface area contributed by atoms with Gasteiger partial charge < -0.3 is 4.74 Å². The predicted molar refractivity (Wildman–Crippen MR) is 69.8 cm³/mol. The van der Waals surface area contributed by atoms with Crippen molar-refractivity contribution in [2.24, 2.45) is 0 Å². The highest BCUT2D eigenvalue weighted by atomic mass is 32.2. The van der Waals surface area contributed by atoms with Crippen molar-refractivity contribution in [2.45, 2.75) is 26.0 Å². The Kier molecular flexibility index (Phi) is 4.72. The number of carbonyl (C=O) groups excluding carboxylic acids is 1. The summed E-state index contributed by atoms with van der Waals surface area (Å²) in [6.45, 7) is 4.88. The van der Waals surface area contributed by atoms with Gasteiger partial charge in [-0.2, -0.15) is 0 Å². The molecule has 0 aliphatic heterocycles. The van der Waals surface area contributed by atoms with Gasteiger partial charge in [0.2, 0.25) is 10.0 Å². The number of carbonyl (C=O) groups is 1. The molecule has 0 bridgehead atoms. The minimum absolute atomic E-state index is 0.156. The topological polar surface area (TPSA) is 72.5 Å². The van der Waals surface area contributed by atoms with Gasteiger partial charge in [-0.15, -0.1) is 0 Å². The molecule has 0 heterocycles. The van der Waals surface area contributed by atoms with Crippen molar-refractivity contribution in [2.75, 3.05) is 11.3 Å². The van der Waals surface area contributed by atoms with Gasteiger partial charge in [0.05, 0.1) is 12.3 Å². The molecule has 1 unspecified atom stereocenters. The second kappa shape index (κ2) is 5.86. The summed E-state index contributed by atoms with van der Waals surface area (Å²) in [5, 5.41) is -1.24. The van der Waals surface area contributed by atoms with Gasteiger partial charge >= 0.3 is 5.97 Å². The largest absolute Gasteiger partial charge is 0.465 e. The molecule has 6 heteroatoms. The Hall–Kier alpha value is -1.56. The maximum absolute atomic E-state index is 12.0. The maximum Gasteiger partial charge on any atom is 0.325 e. The first-order valence-corrected chi connectivity index (χ1v) is 7.17. The summed E-state index contributed by atoms with van der Waals surface area (Å²) in [5.41, 5.74) is 1.26. The van der Waals surface area contributed by atoms with Crippen molar-refractivity contribution >= 4 is 21.7 Å². The number of hydrogen-bond donors (Lipinski definition) is 1. The maximum atomic E-state index is 12.0. The van der Waals surface area contributed by atoms with E-state index in [4.69, 9.17) is 4.74 Å². The SMILES string of the molecule is CCOC(=O)C(C)S(=O)(=O)Nc1ccccc1C. The number of rotatable bonds is 5. The molecule has 1 aromatic rings. The third-order valence-corrected chi connectivity index (χ3v) is 4.11. The standard InChI is InChI=1S/C12H17NO4S/c1-4-17-12(14)10(3)18(15,16)13-11-8-6-5-7-9(11)2/h5-8,10,13H,4H2,1-3H3. The molecule has 1 rings (SSSR count). The Morgan fingerprint density at radius 3 is 2.56 bits per heavy atom. The Bertz CT molecular complexity index is 525. The van der Waals surface area contributed by atoms with E-state index in [0.717, 1.165) is 5.56 Å². The number of aryl methyl sites for hydroxylation is 1. The molecule has 0 radical (unpaired) electrons. The monoisotopic (exact) mass is 271 g/mol. The normalized spacial score (nSPS) is 12.8. The fraction of sp³-hybridized carbons (Fsp3) is 0.417. The van der Waals surface area contributed by atoms with Crippen LogP contribution >= 0.6 is 0 Å². The number of benzene rings is 1. The molecular weight excluding hydrogens is 254 g/mol. The van der Waals surface area contributed by atoms with Crippen LogP contribution in [-0.2, 0) is 19.6 Å². The lowest BCUT2D eigenvalue weighted by atomic mass is 10.2. The molecule has 100 valence electrons. The zero-order valence-corrected chi connectivity index (χ0v) is 11.5. The molecule has 18 heavy (non-hydrogen) atoms. The number of esters is 1. The average molecular weight is 271 g/mol. The summed E-state index contributed by atoms with van der Waals surface area (Å²) in [4.78, 5) is 11.4. The molecule has 1 atom stereocenters. The first-order valence-electron chi connectivity index (χ1n) is 5.62. The quantitative estimate of drug-likeness (QED) is 0.827. The minimum Gasteiger partial charge on any atom is -0.465 e. The van der Waals surface area contributed by atoms with Crippen LogP contribution in [0.4, 0.5) is 5.69 Å². The summed E-state index contributed by atoms with van der Waals surface area (Å²) in [7, 11) is -3.78. The Labute approximate surface area is 107 Å². The fourth-order valence-corrected chi connectivity index (χ4v) is 2.35. The molecule has 0 aliphatic rings. The van der Waals surface area contributed by atoms with Crippen molar-refractivity contribution in [3.63, 3.8) is 0 Å². The lowest BCUT2D eigenvalue weighted by molar-refractivity contribution is -0.142. The number of hydrogen-bond acceptors (Lipinski definition) is 4. The summed E-state index contributed by atoms with van der Waals surface area (Å²) in [6, 6.07) is 6.96. The zero-order valence-electron chi connectivity index (χ0n) is 10.6.